The summed E-state index contributed by atoms with van der Waals surface area (Å²) in [6.45, 7) is 6.23. The van der Waals surface area contributed by atoms with E-state index >= 15 is 0 Å². The quantitative estimate of drug-likeness (QED) is 0.584. The first-order valence-electron chi connectivity index (χ1n) is 9.88. The lowest BCUT2D eigenvalue weighted by Gasteiger charge is -2.32. The molecular weight excluding hydrogens is 396 g/mol. The Morgan fingerprint density at radius 2 is 1.83 bits per heavy atom. The van der Waals surface area contributed by atoms with Gasteiger partial charge in [-0.25, -0.2) is 8.42 Å². The van der Waals surface area contributed by atoms with Crippen LogP contribution in [0, 0.1) is 0 Å². The largest absolute Gasteiger partial charge is 0.486 e. The van der Waals surface area contributed by atoms with Gasteiger partial charge in [-0.15, -0.1) is 0 Å². The molecule has 2 heterocycles. The smallest absolute Gasteiger partial charge is 0.240 e. The Hall–Kier alpha value is -2.04. The molecule has 9 nitrogen and oxygen atoms in total. The SMILES string of the molecule is CN1CCN(CCCNC(=O)CN(c2ccc3c(c2)OCCO3)S(C)(=O)=O)CC1. The summed E-state index contributed by atoms with van der Waals surface area (Å²) < 4.78 is 36.6. The van der Waals surface area contributed by atoms with Crippen LogP contribution in [0.4, 0.5) is 5.69 Å². The van der Waals surface area contributed by atoms with Crippen molar-refractivity contribution in [2.45, 2.75) is 6.42 Å². The molecule has 1 aromatic rings. The van der Waals surface area contributed by atoms with Gasteiger partial charge in [-0.3, -0.25) is 9.10 Å². The highest BCUT2D eigenvalue weighted by atomic mass is 32.2. The van der Waals surface area contributed by atoms with Gasteiger partial charge in [-0.05, 0) is 32.1 Å². The number of likely N-dealkylation sites (N-methyl/N-ethyl adjacent to an activating group) is 1. The third kappa shape index (κ3) is 6.22. The van der Waals surface area contributed by atoms with E-state index < -0.39 is 10.0 Å². The summed E-state index contributed by atoms with van der Waals surface area (Å²) in [5.41, 5.74) is 0.379. The van der Waals surface area contributed by atoms with Crippen molar-refractivity contribution >= 4 is 21.6 Å². The maximum Gasteiger partial charge on any atom is 0.240 e. The Balaban J connectivity index is 1.52. The fourth-order valence-electron chi connectivity index (χ4n) is 3.38. The van der Waals surface area contributed by atoms with E-state index in [1.54, 1.807) is 18.2 Å². The molecule has 2 aliphatic rings. The third-order valence-electron chi connectivity index (χ3n) is 5.07. The van der Waals surface area contributed by atoms with E-state index in [4.69, 9.17) is 9.47 Å². The lowest BCUT2D eigenvalue weighted by molar-refractivity contribution is -0.119. The van der Waals surface area contributed by atoms with Gasteiger partial charge in [0.15, 0.2) is 11.5 Å². The summed E-state index contributed by atoms with van der Waals surface area (Å²) in [4.78, 5) is 17.0. The molecule has 0 aliphatic carbocycles. The summed E-state index contributed by atoms with van der Waals surface area (Å²) in [6, 6.07) is 4.88. The molecule has 1 fully saturated rings. The number of hydrogen-bond donors (Lipinski definition) is 1. The van der Waals surface area contributed by atoms with Gasteiger partial charge in [0.1, 0.15) is 19.8 Å². The maximum absolute atomic E-state index is 12.4. The standard InChI is InChI=1S/C19H30N4O5S/c1-21-8-10-22(11-9-21)7-3-6-20-19(24)15-23(29(2,25)26)16-4-5-17-18(14-16)28-13-12-27-17/h4-5,14H,3,6-13,15H2,1-2H3,(H,20,24). The van der Waals surface area contributed by atoms with Gasteiger partial charge in [-0.2, -0.15) is 0 Å². The molecular formula is C19H30N4O5S. The van der Waals surface area contributed by atoms with Crippen molar-refractivity contribution in [2.75, 3.05) is 76.6 Å². The lowest BCUT2D eigenvalue weighted by atomic mass is 10.2. The lowest BCUT2D eigenvalue weighted by Crippen LogP contribution is -2.45. The number of nitrogens with one attached hydrogen (secondary N) is 1. The molecule has 0 spiro atoms. The molecule has 0 radical (unpaired) electrons. The number of amides is 1. The zero-order chi connectivity index (χ0) is 20.9. The molecule has 10 heteroatoms. The number of sulfonamides is 1. The zero-order valence-electron chi connectivity index (χ0n) is 17.1. The minimum Gasteiger partial charge on any atom is -0.486 e. The van der Waals surface area contributed by atoms with Gasteiger partial charge in [-0.1, -0.05) is 0 Å². The average Bonchev–Trinajstić information content (AvgIpc) is 2.69. The topological polar surface area (TPSA) is 91.4 Å². The second kappa shape index (κ2) is 9.64. The highest BCUT2D eigenvalue weighted by Gasteiger charge is 2.23. The number of carbonyl (C=O) groups excluding carboxylic acids is 1. The van der Waals surface area contributed by atoms with Crippen molar-refractivity contribution in [1.82, 2.24) is 15.1 Å². The van der Waals surface area contributed by atoms with Gasteiger partial charge in [0.05, 0.1) is 11.9 Å². The highest BCUT2D eigenvalue weighted by molar-refractivity contribution is 7.92. The monoisotopic (exact) mass is 426 g/mol. The average molecular weight is 427 g/mol. The van der Waals surface area contributed by atoms with E-state index in [0.717, 1.165) is 49.7 Å². The van der Waals surface area contributed by atoms with Crippen molar-refractivity contribution in [3.8, 4) is 11.5 Å². The van der Waals surface area contributed by atoms with Crippen LogP contribution >= 0.6 is 0 Å². The first-order valence-corrected chi connectivity index (χ1v) is 11.7. The second-order valence-electron chi connectivity index (χ2n) is 7.45. The zero-order valence-corrected chi connectivity index (χ0v) is 17.9. The van der Waals surface area contributed by atoms with Gasteiger partial charge >= 0.3 is 0 Å². The summed E-state index contributed by atoms with van der Waals surface area (Å²) >= 11 is 0. The predicted molar refractivity (Wildman–Crippen MR) is 111 cm³/mol. The number of piperazine rings is 1. The van der Waals surface area contributed by atoms with E-state index in [0.29, 0.717) is 36.9 Å². The molecule has 1 saturated heterocycles. The number of nitrogens with zero attached hydrogens (tertiary/aromatic N) is 3. The molecule has 162 valence electrons. The molecule has 0 saturated carbocycles. The highest BCUT2D eigenvalue weighted by Crippen LogP contribution is 2.34. The first kappa shape index (κ1) is 21.7. The number of anilines is 1. The summed E-state index contributed by atoms with van der Waals surface area (Å²) in [5, 5.41) is 2.83. The Bertz CT molecular complexity index is 809. The van der Waals surface area contributed by atoms with Crippen molar-refractivity contribution in [3.05, 3.63) is 18.2 Å². The van der Waals surface area contributed by atoms with E-state index in [1.807, 2.05) is 0 Å². The Morgan fingerprint density at radius 1 is 1.14 bits per heavy atom. The molecule has 0 bridgehead atoms. The van der Waals surface area contributed by atoms with Crippen molar-refractivity contribution in [2.24, 2.45) is 0 Å². The maximum atomic E-state index is 12.4. The minimum atomic E-state index is -3.63. The van der Waals surface area contributed by atoms with Crippen LogP contribution in [0.15, 0.2) is 18.2 Å². The Labute approximate surface area is 172 Å². The third-order valence-corrected chi connectivity index (χ3v) is 6.21. The van der Waals surface area contributed by atoms with Gasteiger partial charge in [0.25, 0.3) is 0 Å². The summed E-state index contributed by atoms with van der Waals surface area (Å²) in [5.74, 6) is 0.723. The molecule has 1 aromatic carbocycles. The molecule has 1 N–H and O–H groups in total. The van der Waals surface area contributed by atoms with E-state index in [2.05, 4.69) is 22.2 Å². The minimum absolute atomic E-state index is 0.271. The first-order chi connectivity index (χ1) is 13.8. The predicted octanol–water partition coefficient (Wildman–Crippen LogP) is -0.0225. The molecule has 1 amide bonds. The number of carbonyl (C=O) groups is 1. The number of ether oxygens (including phenoxy) is 2. The number of hydrogen-bond acceptors (Lipinski definition) is 7. The van der Waals surface area contributed by atoms with Gasteiger partial charge in [0.2, 0.25) is 15.9 Å². The number of fused-ring (bicyclic) bond motifs is 1. The second-order valence-corrected chi connectivity index (χ2v) is 9.35. The van der Waals surface area contributed by atoms with Crippen LogP contribution in [-0.4, -0.2) is 96.5 Å². The van der Waals surface area contributed by atoms with Crippen LogP contribution in [0.3, 0.4) is 0 Å². The van der Waals surface area contributed by atoms with Crippen molar-refractivity contribution < 1.29 is 22.7 Å². The van der Waals surface area contributed by atoms with Gasteiger partial charge < -0.3 is 24.6 Å². The van der Waals surface area contributed by atoms with Crippen LogP contribution in [0.2, 0.25) is 0 Å². The molecule has 3 rings (SSSR count). The Kier molecular flexibility index (Phi) is 7.20. The van der Waals surface area contributed by atoms with Crippen LogP contribution in [0.25, 0.3) is 0 Å². The summed E-state index contributed by atoms with van der Waals surface area (Å²) in [6.07, 6.45) is 1.92. The van der Waals surface area contributed by atoms with E-state index in [9.17, 15) is 13.2 Å². The van der Waals surface area contributed by atoms with Gasteiger partial charge in [0, 0.05) is 38.8 Å². The van der Waals surface area contributed by atoms with Crippen LogP contribution in [0.1, 0.15) is 6.42 Å². The van der Waals surface area contributed by atoms with Crippen LogP contribution in [-0.2, 0) is 14.8 Å². The molecule has 29 heavy (non-hydrogen) atoms. The number of benzene rings is 1. The van der Waals surface area contributed by atoms with Crippen LogP contribution in [0.5, 0.6) is 11.5 Å². The molecule has 0 atom stereocenters. The van der Waals surface area contributed by atoms with Crippen LogP contribution < -0.4 is 19.1 Å². The molecule has 0 aromatic heterocycles. The van der Waals surface area contributed by atoms with E-state index in [1.165, 1.54) is 0 Å². The molecule has 0 unspecified atom stereocenters. The van der Waals surface area contributed by atoms with Crippen molar-refractivity contribution in [3.63, 3.8) is 0 Å². The number of rotatable bonds is 8. The fourth-order valence-corrected chi connectivity index (χ4v) is 4.22. The van der Waals surface area contributed by atoms with E-state index in [-0.39, 0.29) is 12.5 Å². The fraction of sp³-hybridized carbons (Fsp3) is 0.632. The normalized spacial score (nSPS) is 17.7. The van der Waals surface area contributed by atoms with Crippen molar-refractivity contribution in [1.29, 1.82) is 0 Å². The Morgan fingerprint density at radius 3 is 2.52 bits per heavy atom. The summed E-state index contributed by atoms with van der Waals surface area (Å²) in [7, 11) is -1.51. The molecule has 2 aliphatic heterocycles.